The molecule has 0 radical (unpaired) electrons. The molecule has 1 heterocycles. The second-order valence-corrected chi connectivity index (χ2v) is 4.65. The highest BCUT2D eigenvalue weighted by Gasteiger charge is 2.34. The Morgan fingerprint density at radius 2 is 1.84 bits per heavy atom. The number of hydrogen-bond donors (Lipinski definition) is 1. The minimum Gasteiger partial charge on any atom is -0.449 e. The lowest BCUT2D eigenvalue weighted by molar-refractivity contribution is 0.0455. The van der Waals surface area contributed by atoms with Crippen molar-refractivity contribution in [1.82, 2.24) is 0 Å². The SMILES string of the molecule is CNc1ccc2c(c1C)C(=O)OC2c1ccccc1. The monoisotopic (exact) mass is 253 g/mol. The number of carbonyl (C=O) groups is 1. The van der Waals surface area contributed by atoms with E-state index >= 15 is 0 Å². The van der Waals surface area contributed by atoms with E-state index in [4.69, 9.17) is 4.74 Å². The first kappa shape index (κ1) is 11.8. The maximum Gasteiger partial charge on any atom is 0.339 e. The van der Waals surface area contributed by atoms with Crippen LogP contribution in [0.3, 0.4) is 0 Å². The Labute approximate surface area is 112 Å². The van der Waals surface area contributed by atoms with Gasteiger partial charge in [-0.25, -0.2) is 4.79 Å². The van der Waals surface area contributed by atoms with Crippen molar-refractivity contribution in [2.24, 2.45) is 0 Å². The zero-order chi connectivity index (χ0) is 13.4. The van der Waals surface area contributed by atoms with E-state index in [0.717, 1.165) is 22.4 Å². The van der Waals surface area contributed by atoms with Gasteiger partial charge in [0.1, 0.15) is 0 Å². The number of rotatable bonds is 2. The maximum atomic E-state index is 12.1. The van der Waals surface area contributed by atoms with Gasteiger partial charge in [0.25, 0.3) is 0 Å². The second kappa shape index (κ2) is 4.43. The summed E-state index contributed by atoms with van der Waals surface area (Å²) in [6, 6.07) is 13.8. The van der Waals surface area contributed by atoms with Gasteiger partial charge in [-0.3, -0.25) is 0 Å². The molecular weight excluding hydrogens is 238 g/mol. The smallest absolute Gasteiger partial charge is 0.339 e. The summed E-state index contributed by atoms with van der Waals surface area (Å²) < 4.78 is 5.53. The van der Waals surface area contributed by atoms with Crippen LogP contribution < -0.4 is 5.32 Å². The van der Waals surface area contributed by atoms with E-state index in [1.807, 2.05) is 56.4 Å². The predicted octanol–water partition coefficient (Wildman–Crippen LogP) is 3.30. The standard InChI is InChI=1S/C16H15NO2/c1-10-13(17-2)9-8-12-14(10)16(18)19-15(12)11-6-4-3-5-7-11/h3-9,15,17H,1-2H3. The molecule has 19 heavy (non-hydrogen) atoms. The molecule has 0 fully saturated rings. The molecule has 0 aromatic heterocycles. The summed E-state index contributed by atoms with van der Waals surface area (Å²) in [5, 5.41) is 3.09. The Hall–Kier alpha value is -2.29. The van der Waals surface area contributed by atoms with Crippen molar-refractivity contribution in [3.05, 3.63) is 64.7 Å². The Kier molecular flexibility index (Phi) is 2.75. The summed E-state index contributed by atoms with van der Waals surface area (Å²) >= 11 is 0. The maximum absolute atomic E-state index is 12.1. The second-order valence-electron chi connectivity index (χ2n) is 4.65. The highest BCUT2D eigenvalue weighted by Crippen LogP contribution is 2.39. The molecule has 1 atom stereocenters. The summed E-state index contributed by atoms with van der Waals surface area (Å²) in [6.07, 6.45) is -0.284. The molecule has 2 aromatic rings. The predicted molar refractivity (Wildman–Crippen MR) is 74.4 cm³/mol. The molecule has 1 aliphatic heterocycles. The average molecular weight is 253 g/mol. The Balaban J connectivity index is 2.14. The lowest BCUT2D eigenvalue weighted by Crippen LogP contribution is -2.01. The average Bonchev–Trinajstić information content (AvgIpc) is 2.78. The Bertz CT molecular complexity index is 635. The van der Waals surface area contributed by atoms with Gasteiger partial charge in [0, 0.05) is 18.3 Å². The van der Waals surface area contributed by atoms with Crippen LogP contribution in [0.25, 0.3) is 0 Å². The van der Waals surface area contributed by atoms with Crippen LogP contribution in [0.5, 0.6) is 0 Å². The third-order valence-corrected chi connectivity index (χ3v) is 3.58. The first-order valence-electron chi connectivity index (χ1n) is 6.29. The molecule has 1 aliphatic rings. The molecule has 1 unspecified atom stereocenters. The molecule has 3 nitrogen and oxygen atoms in total. The Morgan fingerprint density at radius 3 is 2.53 bits per heavy atom. The van der Waals surface area contributed by atoms with E-state index in [0.29, 0.717) is 5.56 Å². The number of anilines is 1. The van der Waals surface area contributed by atoms with E-state index in [1.54, 1.807) is 0 Å². The molecule has 0 saturated heterocycles. The topological polar surface area (TPSA) is 38.3 Å². The van der Waals surface area contributed by atoms with Gasteiger partial charge in [0.05, 0.1) is 5.56 Å². The van der Waals surface area contributed by atoms with E-state index in [-0.39, 0.29) is 12.1 Å². The molecule has 96 valence electrons. The lowest BCUT2D eigenvalue weighted by atomic mass is 9.95. The molecule has 1 N–H and O–H groups in total. The van der Waals surface area contributed by atoms with Crippen molar-refractivity contribution < 1.29 is 9.53 Å². The third-order valence-electron chi connectivity index (χ3n) is 3.58. The van der Waals surface area contributed by atoms with E-state index < -0.39 is 0 Å². The first-order valence-corrected chi connectivity index (χ1v) is 6.29. The molecule has 0 amide bonds. The molecule has 3 rings (SSSR count). The van der Waals surface area contributed by atoms with Gasteiger partial charge in [-0.15, -0.1) is 0 Å². The molecule has 3 heteroatoms. The number of cyclic esters (lactones) is 1. The summed E-state index contributed by atoms with van der Waals surface area (Å²) in [7, 11) is 1.85. The molecule has 0 spiro atoms. The van der Waals surface area contributed by atoms with E-state index in [2.05, 4.69) is 5.32 Å². The van der Waals surface area contributed by atoms with Crippen LogP contribution in [0.2, 0.25) is 0 Å². The normalized spacial score (nSPS) is 16.9. The van der Waals surface area contributed by atoms with E-state index in [9.17, 15) is 4.79 Å². The van der Waals surface area contributed by atoms with Crippen LogP contribution in [-0.2, 0) is 4.74 Å². The minimum absolute atomic E-state index is 0.238. The van der Waals surface area contributed by atoms with Gasteiger partial charge >= 0.3 is 5.97 Å². The summed E-state index contributed by atoms with van der Waals surface area (Å²) in [6.45, 7) is 1.94. The minimum atomic E-state index is -0.284. The quantitative estimate of drug-likeness (QED) is 0.834. The van der Waals surface area contributed by atoms with Gasteiger partial charge in [-0.1, -0.05) is 36.4 Å². The molecular formula is C16H15NO2. The van der Waals surface area contributed by atoms with Crippen LogP contribution in [0, 0.1) is 6.92 Å². The largest absolute Gasteiger partial charge is 0.449 e. The highest BCUT2D eigenvalue weighted by molar-refractivity contribution is 5.97. The van der Waals surface area contributed by atoms with Crippen LogP contribution in [0.15, 0.2) is 42.5 Å². The van der Waals surface area contributed by atoms with Gasteiger partial charge in [0.15, 0.2) is 6.10 Å². The number of carbonyl (C=O) groups excluding carboxylic acids is 1. The zero-order valence-corrected chi connectivity index (χ0v) is 10.9. The van der Waals surface area contributed by atoms with Crippen LogP contribution in [-0.4, -0.2) is 13.0 Å². The van der Waals surface area contributed by atoms with Gasteiger partial charge in [0.2, 0.25) is 0 Å². The first-order chi connectivity index (χ1) is 9.22. The number of esters is 1. The summed E-state index contributed by atoms with van der Waals surface area (Å²) in [4.78, 5) is 12.1. The number of fused-ring (bicyclic) bond motifs is 1. The van der Waals surface area contributed by atoms with Crippen molar-refractivity contribution in [2.45, 2.75) is 13.0 Å². The molecule has 2 aromatic carbocycles. The zero-order valence-electron chi connectivity index (χ0n) is 10.9. The fourth-order valence-corrected chi connectivity index (χ4v) is 2.60. The number of nitrogens with one attached hydrogen (secondary N) is 1. The Morgan fingerprint density at radius 1 is 1.11 bits per heavy atom. The molecule has 0 aliphatic carbocycles. The van der Waals surface area contributed by atoms with Crippen molar-refractivity contribution in [2.75, 3.05) is 12.4 Å². The highest BCUT2D eigenvalue weighted by atomic mass is 16.5. The van der Waals surface area contributed by atoms with Crippen LogP contribution >= 0.6 is 0 Å². The van der Waals surface area contributed by atoms with Crippen LogP contribution in [0.4, 0.5) is 5.69 Å². The van der Waals surface area contributed by atoms with Crippen LogP contribution in [0.1, 0.15) is 33.2 Å². The third kappa shape index (κ3) is 1.78. The number of benzene rings is 2. The van der Waals surface area contributed by atoms with Gasteiger partial charge in [-0.2, -0.15) is 0 Å². The fraction of sp³-hybridized carbons (Fsp3) is 0.188. The lowest BCUT2D eigenvalue weighted by Gasteiger charge is -2.12. The van der Waals surface area contributed by atoms with Crippen molar-refractivity contribution >= 4 is 11.7 Å². The summed E-state index contributed by atoms with van der Waals surface area (Å²) in [5.41, 5.74) is 4.56. The molecule has 0 saturated carbocycles. The van der Waals surface area contributed by atoms with Gasteiger partial charge < -0.3 is 10.1 Å². The summed E-state index contributed by atoms with van der Waals surface area (Å²) in [5.74, 6) is -0.238. The van der Waals surface area contributed by atoms with Crippen molar-refractivity contribution in [3.63, 3.8) is 0 Å². The van der Waals surface area contributed by atoms with E-state index in [1.165, 1.54) is 0 Å². The number of ether oxygens (including phenoxy) is 1. The number of hydrogen-bond acceptors (Lipinski definition) is 3. The van der Waals surface area contributed by atoms with Crippen molar-refractivity contribution in [3.8, 4) is 0 Å². The molecule has 0 bridgehead atoms. The van der Waals surface area contributed by atoms with Gasteiger partial charge in [-0.05, 0) is 24.1 Å². The van der Waals surface area contributed by atoms with Crippen molar-refractivity contribution in [1.29, 1.82) is 0 Å². The fourth-order valence-electron chi connectivity index (χ4n) is 2.60.